The van der Waals surface area contributed by atoms with Gasteiger partial charge in [0.1, 0.15) is 12.2 Å². The summed E-state index contributed by atoms with van der Waals surface area (Å²) in [6.45, 7) is 4.20. The predicted molar refractivity (Wildman–Crippen MR) is 128 cm³/mol. The molecule has 0 radical (unpaired) electrons. The fraction of sp³-hybridized carbons (Fsp3) is 0.440. The van der Waals surface area contributed by atoms with Gasteiger partial charge < -0.3 is 9.88 Å². The molecule has 0 saturated heterocycles. The highest BCUT2D eigenvalue weighted by Crippen LogP contribution is 2.38. The van der Waals surface area contributed by atoms with Crippen LogP contribution in [0.25, 0.3) is 15.8 Å². The normalized spacial score (nSPS) is 22.6. The number of rotatable bonds is 7. The molecule has 2 atom stereocenters. The molecule has 1 aromatic carbocycles. The number of fused-ring (bicyclic) bond motifs is 1. The Morgan fingerprint density at radius 1 is 1.34 bits per heavy atom. The third-order valence-electron chi connectivity index (χ3n) is 6.81. The van der Waals surface area contributed by atoms with Gasteiger partial charge in [0.15, 0.2) is 0 Å². The Bertz CT molecular complexity index is 1190. The molecule has 2 saturated carbocycles. The van der Waals surface area contributed by atoms with E-state index in [1.165, 1.54) is 15.8 Å². The Hall–Kier alpha value is -2.80. The maximum absolute atomic E-state index is 12.6. The van der Waals surface area contributed by atoms with E-state index in [2.05, 4.69) is 75.3 Å². The fourth-order valence-corrected chi connectivity index (χ4v) is 5.28. The van der Waals surface area contributed by atoms with Crippen LogP contribution in [0.3, 0.4) is 0 Å². The number of nitrogens with one attached hydrogen (secondary N) is 1. The van der Waals surface area contributed by atoms with Crippen molar-refractivity contribution in [1.82, 2.24) is 25.1 Å². The van der Waals surface area contributed by atoms with E-state index < -0.39 is 0 Å². The van der Waals surface area contributed by atoms with Crippen molar-refractivity contribution in [2.45, 2.75) is 64.0 Å². The molecule has 1 N–H and O–H groups in total. The molecule has 0 aliphatic heterocycles. The van der Waals surface area contributed by atoms with Crippen LogP contribution in [-0.4, -0.2) is 31.2 Å². The van der Waals surface area contributed by atoms with Gasteiger partial charge in [-0.1, -0.05) is 24.3 Å². The summed E-state index contributed by atoms with van der Waals surface area (Å²) >= 11 is 1.66. The zero-order valence-corrected chi connectivity index (χ0v) is 19.4. The average molecular weight is 448 g/mol. The smallest absolute Gasteiger partial charge is 0.223 e. The lowest BCUT2D eigenvalue weighted by atomic mass is 10.0. The fourth-order valence-electron chi connectivity index (χ4n) is 4.56. The van der Waals surface area contributed by atoms with E-state index in [0.717, 1.165) is 43.4 Å². The molecule has 166 valence electrons. The molecular formula is C25H29N5OS. The van der Waals surface area contributed by atoms with Crippen LogP contribution in [-0.2, 0) is 11.2 Å². The van der Waals surface area contributed by atoms with Crippen LogP contribution in [0.2, 0.25) is 0 Å². The number of carbonyl (C=O) groups excluding carboxylic acids is 1. The van der Waals surface area contributed by atoms with E-state index >= 15 is 0 Å². The monoisotopic (exact) mass is 447 g/mol. The van der Waals surface area contributed by atoms with Gasteiger partial charge in [-0.25, -0.2) is 4.98 Å². The van der Waals surface area contributed by atoms with Gasteiger partial charge in [-0.3, -0.25) is 4.79 Å². The summed E-state index contributed by atoms with van der Waals surface area (Å²) in [5, 5.41) is 11.8. The largest absolute Gasteiger partial charge is 0.351 e. The molecular weight excluding hydrogens is 418 g/mol. The molecule has 5 rings (SSSR count). The van der Waals surface area contributed by atoms with Gasteiger partial charge in [0.2, 0.25) is 5.91 Å². The highest BCUT2D eigenvalue weighted by atomic mass is 32.1. The average Bonchev–Trinajstić information content (AvgIpc) is 3.26. The molecule has 2 unspecified atom stereocenters. The Kier molecular flexibility index (Phi) is 5.67. The summed E-state index contributed by atoms with van der Waals surface area (Å²) in [6, 6.07) is 6.69. The SMILES string of the molecule is CC=C(C=CCc1nncn1C1CCC(C(=O)NC2(C)CC2)C1)c1ccc2ncsc2c1. The lowest BCUT2D eigenvalue weighted by Crippen LogP contribution is -2.38. The number of amides is 1. The third-order valence-corrected chi connectivity index (χ3v) is 7.61. The molecule has 2 aliphatic rings. The molecule has 0 bridgehead atoms. The first-order valence-corrected chi connectivity index (χ1v) is 12.3. The maximum atomic E-state index is 12.6. The Labute approximate surface area is 192 Å². The summed E-state index contributed by atoms with van der Waals surface area (Å²) in [5.41, 5.74) is 5.35. The molecule has 1 amide bonds. The molecule has 2 aromatic heterocycles. The Morgan fingerprint density at radius 2 is 2.22 bits per heavy atom. The second-order valence-corrected chi connectivity index (χ2v) is 10.1. The molecule has 6 nitrogen and oxygen atoms in total. The highest BCUT2D eigenvalue weighted by molar-refractivity contribution is 7.16. The number of carbonyl (C=O) groups is 1. The third kappa shape index (κ3) is 4.39. The van der Waals surface area contributed by atoms with E-state index in [1.54, 1.807) is 11.3 Å². The number of allylic oxidation sites excluding steroid dienone is 4. The lowest BCUT2D eigenvalue weighted by Gasteiger charge is -2.17. The van der Waals surface area contributed by atoms with Crippen molar-refractivity contribution in [3.63, 3.8) is 0 Å². The highest BCUT2D eigenvalue weighted by Gasteiger charge is 2.41. The van der Waals surface area contributed by atoms with Crippen molar-refractivity contribution in [3.8, 4) is 0 Å². The van der Waals surface area contributed by atoms with E-state index in [9.17, 15) is 4.79 Å². The summed E-state index contributed by atoms with van der Waals surface area (Å²) in [7, 11) is 0. The summed E-state index contributed by atoms with van der Waals surface area (Å²) in [6.07, 6.45) is 14.0. The van der Waals surface area contributed by atoms with Gasteiger partial charge >= 0.3 is 0 Å². The lowest BCUT2D eigenvalue weighted by molar-refractivity contribution is -0.125. The van der Waals surface area contributed by atoms with Gasteiger partial charge in [0, 0.05) is 23.9 Å². The predicted octanol–water partition coefficient (Wildman–Crippen LogP) is 5.10. The van der Waals surface area contributed by atoms with Crippen LogP contribution in [0, 0.1) is 5.92 Å². The molecule has 2 fully saturated rings. The van der Waals surface area contributed by atoms with Crippen LogP contribution < -0.4 is 5.32 Å². The van der Waals surface area contributed by atoms with Crippen LogP contribution in [0.4, 0.5) is 0 Å². The first-order chi connectivity index (χ1) is 15.5. The van der Waals surface area contributed by atoms with Crippen LogP contribution in [0.5, 0.6) is 0 Å². The zero-order valence-electron chi connectivity index (χ0n) is 18.6. The molecule has 2 heterocycles. The van der Waals surface area contributed by atoms with Crippen molar-refractivity contribution in [1.29, 1.82) is 0 Å². The van der Waals surface area contributed by atoms with Crippen molar-refractivity contribution in [3.05, 3.63) is 59.7 Å². The number of hydrogen-bond donors (Lipinski definition) is 1. The first-order valence-electron chi connectivity index (χ1n) is 11.4. The summed E-state index contributed by atoms with van der Waals surface area (Å²) < 4.78 is 3.38. The molecule has 3 aromatic rings. The van der Waals surface area contributed by atoms with Crippen molar-refractivity contribution >= 4 is 33.0 Å². The van der Waals surface area contributed by atoms with Gasteiger partial charge in [0.05, 0.1) is 15.7 Å². The standard InChI is InChI=1S/C25H29N5OS/c1-3-17(18-8-10-21-22(14-18)32-16-26-21)5-4-6-23-29-27-15-30(23)20-9-7-19(13-20)24(31)28-25(2)11-12-25/h3-5,8,10,14-16,19-20H,6-7,9,11-13H2,1-2H3,(H,28,31). The number of hydrogen-bond acceptors (Lipinski definition) is 5. The van der Waals surface area contributed by atoms with Crippen LogP contribution >= 0.6 is 11.3 Å². The zero-order chi connectivity index (χ0) is 22.1. The number of aromatic nitrogens is 4. The van der Waals surface area contributed by atoms with Crippen molar-refractivity contribution in [2.24, 2.45) is 5.92 Å². The topological polar surface area (TPSA) is 72.7 Å². The Balaban J connectivity index is 1.23. The van der Waals surface area contributed by atoms with Crippen molar-refractivity contribution in [2.75, 3.05) is 0 Å². The van der Waals surface area contributed by atoms with Gasteiger partial charge in [-0.05, 0) is 69.2 Å². The van der Waals surface area contributed by atoms with E-state index in [-0.39, 0.29) is 17.4 Å². The quantitative estimate of drug-likeness (QED) is 0.512. The van der Waals surface area contributed by atoms with Gasteiger partial charge in [-0.2, -0.15) is 0 Å². The molecule has 7 heteroatoms. The molecule has 2 aliphatic carbocycles. The van der Waals surface area contributed by atoms with E-state index in [1.807, 2.05) is 11.8 Å². The Morgan fingerprint density at radius 3 is 3.03 bits per heavy atom. The van der Waals surface area contributed by atoms with Gasteiger partial charge in [-0.15, -0.1) is 21.5 Å². The second kappa shape index (κ2) is 8.62. The number of thiazole rings is 1. The van der Waals surface area contributed by atoms with Crippen molar-refractivity contribution < 1.29 is 4.79 Å². The van der Waals surface area contributed by atoms with Crippen LogP contribution in [0.1, 0.15) is 63.4 Å². The molecule has 0 spiro atoms. The number of nitrogens with zero attached hydrogens (tertiary/aromatic N) is 4. The van der Waals surface area contributed by atoms with E-state index in [0.29, 0.717) is 12.5 Å². The number of benzene rings is 1. The summed E-state index contributed by atoms with van der Waals surface area (Å²) in [5.74, 6) is 1.27. The van der Waals surface area contributed by atoms with Gasteiger partial charge in [0.25, 0.3) is 0 Å². The minimum atomic E-state index is 0.0523. The first kappa shape index (κ1) is 21.1. The minimum Gasteiger partial charge on any atom is -0.351 e. The minimum absolute atomic E-state index is 0.0523. The summed E-state index contributed by atoms with van der Waals surface area (Å²) in [4.78, 5) is 17.0. The second-order valence-electron chi connectivity index (χ2n) is 9.25. The molecule has 32 heavy (non-hydrogen) atoms. The van der Waals surface area contributed by atoms with E-state index in [4.69, 9.17) is 0 Å². The van der Waals surface area contributed by atoms with Crippen LogP contribution in [0.15, 0.2) is 48.3 Å². The maximum Gasteiger partial charge on any atom is 0.223 e.